The molecule has 0 aromatic carbocycles. The summed E-state index contributed by atoms with van der Waals surface area (Å²) in [4.78, 5) is 16.4. The lowest BCUT2D eigenvalue weighted by Crippen LogP contribution is -2.17. The standard InChI is InChI=1S/C15H14N2O2/c1-10-6-5-7-11-12(10)14(17-8-3-4-9-17)13(16-11)15(18)19-2/h3-9,12H,1-2H3/t12-/m0/s1. The molecule has 0 spiro atoms. The molecule has 96 valence electrons. The number of ether oxygens (including phenoxy) is 1. The largest absolute Gasteiger partial charge is 0.464 e. The van der Waals surface area contributed by atoms with Gasteiger partial charge in [-0.25, -0.2) is 9.79 Å². The second-order valence-corrected chi connectivity index (χ2v) is 4.56. The Labute approximate surface area is 111 Å². The highest BCUT2D eigenvalue weighted by Gasteiger charge is 2.35. The predicted octanol–water partition coefficient (Wildman–Crippen LogP) is 2.42. The smallest absolute Gasteiger partial charge is 0.358 e. The molecule has 1 aromatic rings. The number of carbonyl (C=O) groups is 1. The van der Waals surface area contributed by atoms with Gasteiger partial charge in [0, 0.05) is 12.4 Å². The van der Waals surface area contributed by atoms with Gasteiger partial charge in [0.25, 0.3) is 0 Å². The fraction of sp³-hybridized carbons (Fsp3) is 0.200. The third-order valence-electron chi connectivity index (χ3n) is 3.40. The van der Waals surface area contributed by atoms with E-state index in [1.807, 2.05) is 54.2 Å². The number of hydrogen-bond donors (Lipinski definition) is 0. The SMILES string of the molecule is COC(=O)C1=C(n2cccc2)[C@H]2C(C)=CC=CC2=N1. The Hall–Kier alpha value is -2.36. The Kier molecular flexibility index (Phi) is 2.71. The first kappa shape index (κ1) is 11.7. The molecule has 1 aromatic heterocycles. The molecule has 0 amide bonds. The summed E-state index contributed by atoms with van der Waals surface area (Å²) in [5, 5.41) is 0. The van der Waals surface area contributed by atoms with E-state index in [-0.39, 0.29) is 5.92 Å². The van der Waals surface area contributed by atoms with E-state index in [1.54, 1.807) is 0 Å². The molecule has 2 heterocycles. The summed E-state index contributed by atoms with van der Waals surface area (Å²) in [6.45, 7) is 2.05. The Balaban J connectivity index is 2.17. The minimum Gasteiger partial charge on any atom is -0.464 e. The first-order valence-corrected chi connectivity index (χ1v) is 6.11. The quantitative estimate of drug-likeness (QED) is 0.761. The van der Waals surface area contributed by atoms with Crippen molar-refractivity contribution in [1.29, 1.82) is 0 Å². The normalized spacial score (nSPS) is 21.1. The van der Waals surface area contributed by atoms with Crippen LogP contribution < -0.4 is 0 Å². The average Bonchev–Trinajstić information content (AvgIpc) is 3.04. The lowest BCUT2D eigenvalue weighted by atomic mass is 9.89. The molecule has 4 nitrogen and oxygen atoms in total. The van der Waals surface area contributed by atoms with Crippen molar-refractivity contribution in [2.75, 3.05) is 7.11 Å². The maximum atomic E-state index is 11.9. The van der Waals surface area contributed by atoms with Gasteiger partial charge in [-0.1, -0.05) is 17.7 Å². The van der Waals surface area contributed by atoms with Crippen LogP contribution in [0.3, 0.4) is 0 Å². The summed E-state index contributed by atoms with van der Waals surface area (Å²) >= 11 is 0. The number of methoxy groups -OCH3 is 1. The fourth-order valence-corrected chi connectivity index (χ4v) is 2.52. The van der Waals surface area contributed by atoms with Crippen LogP contribution in [0.4, 0.5) is 0 Å². The summed E-state index contributed by atoms with van der Waals surface area (Å²) < 4.78 is 6.78. The summed E-state index contributed by atoms with van der Waals surface area (Å²) in [5.41, 5.74) is 3.32. The van der Waals surface area contributed by atoms with Crippen molar-refractivity contribution < 1.29 is 9.53 Å². The van der Waals surface area contributed by atoms with Crippen molar-refractivity contribution in [3.63, 3.8) is 0 Å². The monoisotopic (exact) mass is 254 g/mol. The van der Waals surface area contributed by atoms with Crippen LogP contribution in [0.5, 0.6) is 0 Å². The summed E-state index contributed by atoms with van der Waals surface area (Å²) in [6.07, 6.45) is 9.79. The predicted molar refractivity (Wildman–Crippen MR) is 73.5 cm³/mol. The third kappa shape index (κ3) is 1.76. The Bertz CT molecular complexity index is 646. The van der Waals surface area contributed by atoms with Gasteiger partial charge in [0.1, 0.15) is 0 Å². The minimum absolute atomic E-state index is 0.0338. The third-order valence-corrected chi connectivity index (χ3v) is 3.40. The fourth-order valence-electron chi connectivity index (χ4n) is 2.52. The van der Waals surface area contributed by atoms with E-state index in [0.29, 0.717) is 5.70 Å². The Morgan fingerprint density at radius 2 is 2.11 bits per heavy atom. The van der Waals surface area contributed by atoms with Crippen molar-refractivity contribution >= 4 is 17.4 Å². The van der Waals surface area contributed by atoms with E-state index < -0.39 is 5.97 Å². The highest BCUT2D eigenvalue weighted by molar-refractivity contribution is 6.15. The summed E-state index contributed by atoms with van der Waals surface area (Å²) in [7, 11) is 1.38. The maximum absolute atomic E-state index is 11.9. The molecular weight excluding hydrogens is 240 g/mol. The number of allylic oxidation sites excluding steroid dienone is 5. The zero-order valence-electron chi connectivity index (χ0n) is 10.8. The summed E-state index contributed by atoms with van der Waals surface area (Å²) in [6, 6.07) is 3.86. The number of fused-ring (bicyclic) bond motifs is 1. The van der Waals surface area contributed by atoms with E-state index >= 15 is 0 Å². The molecule has 0 N–H and O–H groups in total. The number of rotatable bonds is 2. The zero-order chi connectivity index (χ0) is 13.4. The second-order valence-electron chi connectivity index (χ2n) is 4.56. The van der Waals surface area contributed by atoms with Crippen LogP contribution in [-0.4, -0.2) is 23.4 Å². The van der Waals surface area contributed by atoms with Crippen LogP contribution >= 0.6 is 0 Å². The topological polar surface area (TPSA) is 43.6 Å². The number of aromatic nitrogens is 1. The molecule has 0 saturated heterocycles. The van der Waals surface area contributed by atoms with Gasteiger partial charge in [-0.15, -0.1) is 0 Å². The van der Waals surface area contributed by atoms with Crippen molar-refractivity contribution in [2.45, 2.75) is 6.92 Å². The highest BCUT2D eigenvalue weighted by Crippen LogP contribution is 2.37. The highest BCUT2D eigenvalue weighted by atomic mass is 16.5. The summed E-state index contributed by atoms with van der Waals surface area (Å²) in [5.74, 6) is -0.363. The van der Waals surface area contributed by atoms with Gasteiger partial charge in [-0.2, -0.15) is 0 Å². The molecular formula is C15H14N2O2. The van der Waals surface area contributed by atoms with Crippen LogP contribution in [0.2, 0.25) is 0 Å². The van der Waals surface area contributed by atoms with Crippen LogP contribution in [0.15, 0.2) is 59.0 Å². The van der Waals surface area contributed by atoms with E-state index in [4.69, 9.17) is 4.74 Å². The van der Waals surface area contributed by atoms with Crippen LogP contribution in [-0.2, 0) is 9.53 Å². The first-order chi connectivity index (χ1) is 9.22. The Morgan fingerprint density at radius 1 is 1.37 bits per heavy atom. The molecule has 0 unspecified atom stereocenters. The number of aliphatic imine (C=N–C) groups is 1. The molecule has 0 saturated carbocycles. The first-order valence-electron chi connectivity index (χ1n) is 6.11. The lowest BCUT2D eigenvalue weighted by Gasteiger charge is -2.20. The lowest BCUT2D eigenvalue weighted by molar-refractivity contribution is -0.136. The van der Waals surface area contributed by atoms with Crippen molar-refractivity contribution in [3.8, 4) is 0 Å². The maximum Gasteiger partial charge on any atom is 0.358 e. The van der Waals surface area contributed by atoms with Crippen LogP contribution in [0.25, 0.3) is 5.70 Å². The van der Waals surface area contributed by atoms with Crippen LogP contribution in [0.1, 0.15) is 6.92 Å². The molecule has 2 aliphatic rings. The van der Waals surface area contributed by atoms with Gasteiger partial charge in [0.05, 0.1) is 24.4 Å². The molecule has 19 heavy (non-hydrogen) atoms. The number of nitrogens with zero attached hydrogens (tertiary/aromatic N) is 2. The van der Waals surface area contributed by atoms with Gasteiger partial charge in [-0.3, -0.25) is 0 Å². The molecule has 0 bridgehead atoms. The molecule has 1 aliphatic carbocycles. The molecule has 1 aliphatic heterocycles. The van der Waals surface area contributed by atoms with Crippen molar-refractivity contribution in [2.24, 2.45) is 10.9 Å². The molecule has 3 rings (SSSR count). The van der Waals surface area contributed by atoms with E-state index in [9.17, 15) is 4.79 Å². The molecule has 4 heteroatoms. The number of hydrogen-bond acceptors (Lipinski definition) is 3. The van der Waals surface area contributed by atoms with E-state index in [1.165, 1.54) is 12.7 Å². The number of esters is 1. The molecule has 0 fully saturated rings. The average molecular weight is 254 g/mol. The van der Waals surface area contributed by atoms with Gasteiger partial charge in [0.2, 0.25) is 0 Å². The zero-order valence-corrected chi connectivity index (χ0v) is 10.8. The second kappa shape index (κ2) is 4.39. The minimum atomic E-state index is -0.396. The molecule has 1 atom stereocenters. The van der Waals surface area contributed by atoms with Crippen molar-refractivity contribution in [3.05, 3.63) is 54.0 Å². The van der Waals surface area contributed by atoms with Crippen LogP contribution in [0, 0.1) is 5.92 Å². The van der Waals surface area contributed by atoms with E-state index in [2.05, 4.69) is 4.99 Å². The van der Waals surface area contributed by atoms with Crippen molar-refractivity contribution in [1.82, 2.24) is 4.57 Å². The van der Waals surface area contributed by atoms with Gasteiger partial charge < -0.3 is 9.30 Å². The number of carbonyl (C=O) groups excluding carboxylic acids is 1. The molecule has 0 radical (unpaired) electrons. The van der Waals surface area contributed by atoms with Gasteiger partial charge in [-0.05, 0) is 25.1 Å². The van der Waals surface area contributed by atoms with Gasteiger partial charge in [0.15, 0.2) is 5.70 Å². The van der Waals surface area contributed by atoms with E-state index in [0.717, 1.165) is 11.4 Å². The Morgan fingerprint density at radius 3 is 2.79 bits per heavy atom. The van der Waals surface area contributed by atoms with Gasteiger partial charge >= 0.3 is 5.97 Å².